The fraction of sp³-hybridized carbons (Fsp3) is 0.917. The summed E-state index contributed by atoms with van der Waals surface area (Å²) in [6.45, 7) is 12.1. The van der Waals surface area contributed by atoms with Crippen molar-refractivity contribution >= 4 is 6.09 Å². The van der Waals surface area contributed by atoms with Gasteiger partial charge in [-0.2, -0.15) is 0 Å². The van der Waals surface area contributed by atoms with Crippen LogP contribution < -0.4 is 11.1 Å². The van der Waals surface area contributed by atoms with Crippen molar-refractivity contribution in [1.82, 2.24) is 10.2 Å². The van der Waals surface area contributed by atoms with E-state index in [0.29, 0.717) is 0 Å². The summed E-state index contributed by atoms with van der Waals surface area (Å²) in [5.74, 6) is 0. The number of carbonyl (C=O) groups is 1. The van der Waals surface area contributed by atoms with E-state index in [4.69, 9.17) is 10.5 Å². The van der Waals surface area contributed by atoms with Crippen LogP contribution in [0.15, 0.2) is 0 Å². The second-order valence-corrected chi connectivity index (χ2v) is 6.53. The predicted octanol–water partition coefficient (Wildman–Crippen LogP) is 0.933. The average molecular weight is 243 g/mol. The number of hydrogen-bond acceptors (Lipinski definition) is 4. The van der Waals surface area contributed by atoms with Crippen LogP contribution in [0.25, 0.3) is 0 Å². The largest absolute Gasteiger partial charge is 0.444 e. The molecule has 1 saturated heterocycles. The summed E-state index contributed by atoms with van der Waals surface area (Å²) in [5.41, 5.74) is 5.30. The highest BCUT2D eigenvalue weighted by Crippen LogP contribution is 2.13. The molecule has 0 saturated carbocycles. The van der Waals surface area contributed by atoms with Crippen molar-refractivity contribution in [3.63, 3.8) is 0 Å². The third-order valence-corrected chi connectivity index (χ3v) is 2.31. The lowest BCUT2D eigenvalue weighted by molar-refractivity contribution is 0.0381. The minimum atomic E-state index is -0.438. The summed E-state index contributed by atoms with van der Waals surface area (Å²) >= 11 is 0. The normalized spacial score (nSPS) is 18.7. The van der Waals surface area contributed by atoms with Gasteiger partial charge in [0.05, 0.1) is 6.04 Å². The fourth-order valence-corrected chi connectivity index (χ4v) is 1.84. The van der Waals surface area contributed by atoms with E-state index in [-0.39, 0.29) is 17.7 Å². The number of hydrogen-bond donors (Lipinski definition) is 2. The van der Waals surface area contributed by atoms with Gasteiger partial charge < -0.3 is 15.8 Å². The first-order valence-corrected chi connectivity index (χ1v) is 6.06. The van der Waals surface area contributed by atoms with Crippen molar-refractivity contribution in [3.8, 4) is 0 Å². The Morgan fingerprint density at radius 1 is 1.35 bits per heavy atom. The lowest BCUT2D eigenvalue weighted by atomic mass is 10.0. The molecule has 1 aliphatic rings. The molecule has 1 fully saturated rings. The SMILES string of the molecule is CC(C)(N)CN1CC(NC(=O)OC(C)(C)C)C1. The summed E-state index contributed by atoms with van der Waals surface area (Å²) in [4.78, 5) is 13.7. The molecule has 0 aromatic rings. The van der Waals surface area contributed by atoms with Gasteiger partial charge in [0, 0.05) is 25.2 Å². The van der Waals surface area contributed by atoms with E-state index >= 15 is 0 Å². The quantitative estimate of drug-likeness (QED) is 0.774. The number of amides is 1. The monoisotopic (exact) mass is 243 g/mol. The molecule has 100 valence electrons. The molecule has 5 nitrogen and oxygen atoms in total. The number of ether oxygens (including phenoxy) is 1. The average Bonchev–Trinajstić information content (AvgIpc) is 1.93. The predicted molar refractivity (Wildman–Crippen MR) is 67.9 cm³/mol. The topological polar surface area (TPSA) is 67.6 Å². The maximum absolute atomic E-state index is 11.5. The van der Waals surface area contributed by atoms with E-state index < -0.39 is 5.60 Å². The molecule has 1 heterocycles. The number of likely N-dealkylation sites (tertiary alicyclic amines) is 1. The Morgan fingerprint density at radius 3 is 2.29 bits per heavy atom. The third-order valence-electron chi connectivity index (χ3n) is 2.31. The summed E-state index contributed by atoms with van der Waals surface area (Å²) < 4.78 is 5.19. The van der Waals surface area contributed by atoms with Crippen LogP contribution in [0.5, 0.6) is 0 Å². The van der Waals surface area contributed by atoms with Gasteiger partial charge in [-0.25, -0.2) is 4.79 Å². The highest BCUT2D eigenvalue weighted by molar-refractivity contribution is 5.68. The van der Waals surface area contributed by atoms with Gasteiger partial charge in [-0.1, -0.05) is 0 Å². The number of nitrogens with two attached hydrogens (primary N) is 1. The van der Waals surface area contributed by atoms with Gasteiger partial charge in [-0.3, -0.25) is 4.90 Å². The van der Waals surface area contributed by atoms with E-state index in [9.17, 15) is 4.79 Å². The third kappa shape index (κ3) is 5.89. The molecule has 1 aliphatic heterocycles. The van der Waals surface area contributed by atoms with Gasteiger partial charge >= 0.3 is 6.09 Å². The zero-order valence-electron chi connectivity index (χ0n) is 11.5. The lowest BCUT2D eigenvalue weighted by Crippen LogP contribution is -2.63. The van der Waals surface area contributed by atoms with Gasteiger partial charge in [0.2, 0.25) is 0 Å². The molecule has 0 aromatic carbocycles. The van der Waals surface area contributed by atoms with Crippen LogP contribution in [-0.4, -0.2) is 47.8 Å². The maximum Gasteiger partial charge on any atom is 0.407 e. The first kappa shape index (κ1) is 14.3. The molecule has 3 N–H and O–H groups in total. The minimum absolute atomic E-state index is 0.184. The van der Waals surface area contributed by atoms with E-state index in [1.54, 1.807) is 0 Å². The van der Waals surface area contributed by atoms with Gasteiger partial charge in [0.15, 0.2) is 0 Å². The van der Waals surface area contributed by atoms with E-state index in [0.717, 1.165) is 19.6 Å². The molecule has 5 heteroatoms. The van der Waals surface area contributed by atoms with Gasteiger partial charge in [0.25, 0.3) is 0 Å². The Bertz CT molecular complexity index is 272. The fourth-order valence-electron chi connectivity index (χ4n) is 1.84. The molecule has 0 unspecified atom stereocenters. The van der Waals surface area contributed by atoms with Crippen molar-refractivity contribution in [1.29, 1.82) is 0 Å². The summed E-state index contributed by atoms with van der Waals surface area (Å²) in [6, 6.07) is 0.187. The van der Waals surface area contributed by atoms with Crippen molar-refractivity contribution in [3.05, 3.63) is 0 Å². The highest BCUT2D eigenvalue weighted by Gasteiger charge is 2.31. The molecular formula is C12H25N3O2. The van der Waals surface area contributed by atoms with Crippen molar-refractivity contribution in [2.45, 2.75) is 51.8 Å². The molecule has 0 spiro atoms. The van der Waals surface area contributed by atoms with Crippen LogP contribution in [0.1, 0.15) is 34.6 Å². The number of rotatable bonds is 3. The van der Waals surface area contributed by atoms with Crippen LogP contribution in [0, 0.1) is 0 Å². The van der Waals surface area contributed by atoms with Crippen LogP contribution in [0.2, 0.25) is 0 Å². The summed E-state index contributed by atoms with van der Waals surface area (Å²) in [6.07, 6.45) is -0.339. The van der Waals surface area contributed by atoms with Gasteiger partial charge in [-0.05, 0) is 34.6 Å². The molecule has 0 aromatic heterocycles. The van der Waals surface area contributed by atoms with Crippen LogP contribution in [0.4, 0.5) is 4.79 Å². The first-order valence-electron chi connectivity index (χ1n) is 6.06. The maximum atomic E-state index is 11.5. The van der Waals surface area contributed by atoms with E-state index in [2.05, 4.69) is 10.2 Å². The van der Waals surface area contributed by atoms with Crippen molar-refractivity contribution < 1.29 is 9.53 Å². The smallest absolute Gasteiger partial charge is 0.407 e. The minimum Gasteiger partial charge on any atom is -0.444 e. The number of alkyl carbamates (subject to hydrolysis) is 1. The molecule has 0 atom stereocenters. The van der Waals surface area contributed by atoms with Crippen LogP contribution in [-0.2, 0) is 4.74 Å². The van der Waals surface area contributed by atoms with E-state index in [1.807, 2.05) is 34.6 Å². The van der Waals surface area contributed by atoms with Gasteiger partial charge in [-0.15, -0.1) is 0 Å². The Labute approximate surface area is 104 Å². The Morgan fingerprint density at radius 2 is 1.88 bits per heavy atom. The Hall–Kier alpha value is -0.810. The summed E-state index contributed by atoms with van der Waals surface area (Å²) in [7, 11) is 0. The molecule has 1 amide bonds. The van der Waals surface area contributed by atoms with Crippen molar-refractivity contribution in [2.75, 3.05) is 19.6 Å². The van der Waals surface area contributed by atoms with E-state index in [1.165, 1.54) is 0 Å². The molecule has 1 rings (SSSR count). The zero-order valence-corrected chi connectivity index (χ0v) is 11.5. The zero-order chi connectivity index (χ0) is 13.3. The second-order valence-electron chi connectivity index (χ2n) is 6.53. The number of nitrogens with one attached hydrogen (secondary N) is 1. The molecule has 0 bridgehead atoms. The second kappa shape index (κ2) is 4.82. The molecule has 17 heavy (non-hydrogen) atoms. The standard InChI is InChI=1S/C12H25N3O2/c1-11(2,3)17-10(16)14-9-6-15(7-9)8-12(4,5)13/h9H,6-8,13H2,1-5H3,(H,14,16). The Kier molecular flexibility index (Phi) is 4.04. The molecule has 0 radical (unpaired) electrons. The first-order chi connectivity index (χ1) is 7.55. The van der Waals surface area contributed by atoms with Crippen LogP contribution in [0.3, 0.4) is 0 Å². The van der Waals surface area contributed by atoms with Gasteiger partial charge in [0.1, 0.15) is 5.60 Å². The molecular weight excluding hydrogens is 218 g/mol. The molecule has 0 aliphatic carbocycles. The lowest BCUT2D eigenvalue weighted by Gasteiger charge is -2.42. The highest BCUT2D eigenvalue weighted by atomic mass is 16.6. The van der Waals surface area contributed by atoms with Crippen molar-refractivity contribution in [2.24, 2.45) is 5.73 Å². The van der Waals surface area contributed by atoms with Crippen LogP contribution >= 0.6 is 0 Å². The number of nitrogens with zero attached hydrogens (tertiary/aromatic N) is 1. The Balaban J connectivity index is 2.19. The number of carbonyl (C=O) groups excluding carboxylic acids is 1. The summed E-state index contributed by atoms with van der Waals surface area (Å²) in [5, 5.41) is 2.85.